The van der Waals surface area contributed by atoms with Crippen molar-refractivity contribution in [2.45, 2.75) is 31.1 Å². The van der Waals surface area contributed by atoms with E-state index in [1.807, 2.05) is 42.5 Å². The van der Waals surface area contributed by atoms with Gasteiger partial charge in [0.15, 0.2) is 17.3 Å². The number of benzene rings is 5. The number of nitrogens with zero attached hydrogens (tertiary/aromatic N) is 2. The van der Waals surface area contributed by atoms with Gasteiger partial charge in [-0.1, -0.05) is 102 Å². The molecular formula is C47H37ClN2O7. The highest BCUT2D eigenvalue weighted by molar-refractivity contribution is 6.32. The first-order valence-corrected chi connectivity index (χ1v) is 19.5. The number of para-hydroxylation sites is 1. The zero-order valence-electron chi connectivity index (χ0n) is 30.9. The third-order valence-electron chi connectivity index (χ3n) is 12.2. The Kier molecular flexibility index (Phi) is 8.93. The Morgan fingerprint density at radius 2 is 1.44 bits per heavy atom. The average Bonchev–Trinajstić information content (AvgIpc) is 3.63. The van der Waals surface area contributed by atoms with Crippen LogP contribution in [0.4, 0.5) is 11.4 Å². The summed E-state index contributed by atoms with van der Waals surface area (Å²) in [5, 5.41) is 12.3. The Bertz CT molecular complexity index is 2500. The fourth-order valence-electron chi connectivity index (χ4n) is 9.91. The molecule has 5 aromatic rings. The first kappa shape index (κ1) is 36.3. The maximum atomic E-state index is 15.5. The number of carbonyl (C=O) groups excluding carboxylic acids is 5. The first-order chi connectivity index (χ1) is 27.7. The molecule has 9 rings (SSSR count). The van der Waals surface area contributed by atoms with Crippen LogP contribution in [0.2, 0.25) is 5.02 Å². The molecular weight excluding hydrogens is 740 g/mol. The van der Waals surface area contributed by atoms with Crippen LogP contribution in [0.25, 0.3) is 0 Å². The van der Waals surface area contributed by atoms with Gasteiger partial charge < -0.3 is 9.84 Å². The van der Waals surface area contributed by atoms with E-state index in [2.05, 4.69) is 0 Å². The number of imide groups is 2. The second kappa shape index (κ2) is 14.0. The number of anilines is 2. The lowest BCUT2D eigenvalue weighted by Crippen LogP contribution is -2.53. The number of phenolic OH excluding ortho intramolecular Hbond substituents is 1. The van der Waals surface area contributed by atoms with Crippen LogP contribution in [0.15, 0.2) is 139 Å². The molecule has 5 aromatic carbocycles. The van der Waals surface area contributed by atoms with Crippen molar-refractivity contribution in [2.24, 2.45) is 23.7 Å². The molecule has 57 heavy (non-hydrogen) atoms. The number of allylic oxidation sites excluding steroid dienone is 2. The highest BCUT2D eigenvalue weighted by atomic mass is 35.5. The van der Waals surface area contributed by atoms with E-state index in [-0.39, 0.29) is 42.6 Å². The van der Waals surface area contributed by atoms with E-state index in [1.165, 1.54) is 9.80 Å². The number of halogens is 1. The maximum Gasteiger partial charge on any atom is 0.246 e. The summed E-state index contributed by atoms with van der Waals surface area (Å²) in [4.78, 5) is 75.1. The van der Waals surface area contributed by atoms with Gasteiger partial charge in [-0.3, -0.25) is 28.9 Å². The summed E-state index contributed by atoms with van der Waals surface area (Å²) >= 11 is 6.43. The molecule has 4 aliphatic rings. The largest absolute Gasteiger partial charge is 0.504 e. The summed E-state index contributed by atoms with van der Waals surface area (Å²) in [6, 6.07) is 36.2. The molecule has 0 aromatic heterocycles. The molecule has 2 aliphatic carbocycles. The van der Waals surface area contributed by atoms with Crippen molar-refractivity contribution in [3.05, 3.63) is 166 Å². The SMILES string of the molecule is CCOc1cccc([C@H]2C3=CC[C@@H]4C(=O)N(c5ccc(C(=O)c6ccccc6)cc5)C(=O)[C@@H]4[C@@H]3C[C@H]3C(=O)N(c4cccc(Cl)c4)C(=O)[C@@]23c2ccccc2)c1O. The normalized spacial score (nSPS) is 25.2. The fourth-order valence-corrected chi connectivity index (χ4v) is 10.1. The smallest absolute Gasteiger partial charge is 0.246 e. The first-order valence-electron chi connectivity index (χ1n) is 19.1. The van der Waals surface area contributed by atoms with Crippen molar-refractivity contribution in [3.63, 3.8) is 0 Å². The molecule has 6 atom stereocenters. The Morgan fingerprint density at radius 3 is 2.14 bits per heavy atom. The Labute approximate surface area is 334 Å². The van der Waals surface area contributed by atoms with E-state index in [0.717, 1.165) is 0 Å². The van der Waals surface area contributed by atoms with Crippen LogP contribution in [0.3, 0.4) is 0 Å². The quantitative estimate of drug-likeness (QED) is 0.0962. The molecule has 1 saturated carbocycles. The van der Waals surface area contributed by atoms with Crippen molar-refractivity contribution in [1.29, 1.82) is 0 Å². The molecule has 3 fully saturated rings. The van der Waals surface area contributed by atoms with E-state index < -0.39 is 52.7 Å². The molecule has 284 valence electrons. The number of phenols is 1. The molecule has 9 nitrogen and oxygen atoms in total. The number of hydrogen-bond donors (Lipinski definition) is 1. The molecule has 0 spiro atoms. The molecule has 1 N–H and O–H groups in total. The van der Waals surface area contributed by atoms with Crippen molar-refractivity contribution in [1.82, 2.24) is 0 Å². The minimum atomic E-state index is -1.55. The molecule has 0 radical (unpaired) electrons. The topological polar surface area (TPSA) is 121 Å². The van der Waals surface area contributed by atoms with Gasteiger partial charge >= 0.3 is 0 Å². The molecule has 2 aliphatic heterocycles. The number of fused-ring (bicyclic) bond motifs is 4. The third-order valence-corrected chi connectivity index (χ3v) is 12.5. The van der Waals surface area contributed by atoms with Gasteiger partial charge in [-0.2, -0.15) is 0 Å². The molecule has 10 heteroatoms. The van der Waals surface area contributed by atoms with Gasteiger partial charge in [0.1, 0.15) is 0 Å². The van der Waals surface area contributed by atoms with E-state index in [1.54, 1.807) is 97.9 Å². The van der Waals surface area contributed by atoms with Gasteiger partial charge in [0, 0.05) is 27.6 Å². The zero-order chi connectivity index (χ0) is 39.6. The number of aromatic hydroxyl groups is 1. The standard InChI is InChI=1S/C47H37ClN2O7/c1-2-57-38-18-10-17-35(42(38)52)40-33-23-24-34-39(45(55)49(43(34)53)31-21-19-28(20-22-31)41(51)27-11-5-3-6-12-27)36(33)26-37-44(54)50(32-16-9-15-30(48)25-32)46(56)47(37,40)29-13-7-4-8-14-29/h3-23,25,34,36-37,39-40,52H,2,24,26H2,1H3/t34-,36+,37-,39-,40+,47+/m0/s1. The average molecular weight is 777 g/mol. The van der Waals surface area contributed by atoms with Crippen molar-refractivity contribution < 1.29 is 33.8 Å². The van der Waals surface area contributed by atoms with Gasteiger partial charge in [-0.05, 0) is 79.8 Å². The number of ketones is 1. The van der Waals surface area contributed by atoms with E-state index in [4.69, 9.17) is 16.3 Å². The Balaban J connectivity index is 1.18. The van der Waals surface area contributed by atoms with Crippen molar-refractivity contribution in [3.8, 4) is 11.5 Å². The summed E-state index contributed by atoms with van der Waals surface area (Å²) in [6.07, 6.45) is 2.25. The molecule has 0 unspecified atom stereocenters. The number of carbonyl (C=O) groups is 5. The minimum absolute atomic E-state index is 0.101. The van der Waals surface area contributed by atoms with E-state index >= 15 is 9.59 Å². The Hall–Kier alpha value is -6.32. The van der Waals surface area contributed by atoms with Gasteiger partial charge in [0.25, 0.3) is 0 Å². The second-order valence-corrected chi connectivity index (χ2v) is 15.4. The van der Waals surface area contributed by atoms with Crippen molar-refractivity contribution in [2.75, 3.05) is 16.4 Å². The monoisotopic (exact) mass is 776 g/mol. The lowest BCUT2D eigenvalue weighted by molar-refractivity contribution is -0.127. The second-order valence-electron chi connectivity index (χ2n) is 15.0. The summed E-state index contributed by atoms with van der Waals surface area (Å²) in [7, 11) is 0. The summed E-state index contributed by atoms with van der Waals surface area (Å²) in [6.45, 7) is 2.08. The lowest BCUT2D eigenvalue weighted by atomic mass is 9.49. The number of hydrogen-bond acceptors (Lipinski definition) is 7. The van der Waals surface area contributed by atoms with Gasteiger partial charge in [0.05, 0.1) is 41.2 Å². The molecule has 2 heterocycles. The third kappa shape index (κ3) is 5.47. The highest BCUT2D eigenvalue weighted by Crippen LogP contribution is 2.65. The highest BCUT2D eigenvalue weighted by Gasteiger charge is 2.70. The predicted octanol–water partition coefficient (Wildman–Crippen LogP) is 8.04. The summed E-state index contributed by atoms with van der Waals surface area (Å²) in [5.41, 5.74) is 1.73. The van der Waals surface area contributed by atoms with Crippen LogP contribution in [-0.4, -0.2) is 41.1 Å². The predicted molar refractivity (Wildman–Crippen MR) is 214 cm³/mol. The van der Waals surface area contributed by atoms with Gasteiger partial charge in [-0.25, -0.2) is 4.90 Å². The number of rotatable bonds is 8. The van der Waals surface area contributed by atoms with Crippen LogP contribution >= 0.6 is 11.6 Å². The van der Waals surface area contributed by atoms with Gasteiger partial charge in [-0.15, -0.1) is 0 Å². The van der Waals surface area contributed by atoms with Crippen LogP contribution < -0.4 is 14.5 Å². The van der Waals surface area contributed by atoms with Crippen LogP contribution in [0.5, 0.6) is 11.5 Å². The van der Waals surface area contributed by atoms with E-state index in [0.29, 0.717) is 44.2 Å². The molecule has 4 amide bonds. The van der Waals surface area contributed by atoms with Crippen LogP contribution in [0, 0.1) is 23.7 Å². The minimum Gasteiger partial charge on any atom is -0.504 e. The Morgan fingerprint density at radius 1 is 0.754 bits per heavy atom. The number of ether oxygens (including phenoxy) is 1. The van der Waals surface area contributed by atoms with Crippen molar-refractivity contribution >= 4 is 52.4 Å². The molecule has 0 bridgehead atoms. The maximum absolute atomic E-state index is 15.5. The fraction of sp³-hybridized carbons (Fsp3) is 0.213. The van der Waals surface area contributed by atoms with E-state index in [9.17, 15) is 19.5 Å². The zero-order valence-corrected chi connectivity index (χ0v) is 31.6. The molecule has 2 saturated heterocycles. The summed E-state index contributed by atoms with van der Waals surface area (Å²) in [5.74, 6) is -5.95. The van der Waals surface area contributed by atoms with Crippen LogP contribution in [0.1, 0.15) is 52.7 Å². The lowest BCUT2D eigenvalue weighted by Gasteiger charge is -2.50. The van der Waals surface area contributed by atoms with Crippen LogP contribution in [-0.2, 0) is 24.6 Å². The number of amides is 4. The summed E-state index contributed by atoms with van der Waals surface area (Å²) < 4.78 is 5.84. The van der Waals surface area contributed by atoms with Gasteiger partial charge in [0.2, 0.25) is 23.6 Å².